The molecular weight excluding hydrogens is 304 g/mol. The Hall–Kier alpha value is -2.04. The van der Waals surface area contributed by atoms with Crippen molar-refractivity contribution in [1.82, 2.24) is 4.98 Å². The summed E-state index contributed by atoms with van der Waals surface area (Å²) in [7, 11) is 1.60. The highest BCUT2D eigenvalue weighted by atomic mass is 35.5. The molecular formula is C16H13ClN2OS. The van der Waals surface area contributed by atoms with E-state index < -0.39 is 0 Å². The van der Waals surface area contributed by atoms with Crippen LogP contribution in [-0.4, -0.2) is 12.1 Å². The standard InChI is InChI=1S/C16H13ClN2OS/c1-20-15-8-7-12(9-13(15)17)18-16-19-14(10-21-16)11-5-3-2-4-6-11/h2-10H,1H3,(H,18,19). The molecule has 0 spiro atoms. The molecule has 3 rings (SSSR count). The molecule has 0 bridgehead atoms. The molecule has 0 amide bonds. The van der Waals surface area contributed by atoms with E-state index in [0.29, 0.717) is 10.8 Å². The Bertz CT molecular complexity index is 743. The number of halogens is 1. The number of aromatic nitrogens is 1. The third kappa shape index (κ3) is 3.17. The highest BCUT2D eigenvalue weighted by Gasteiger charge is 2.06. The van der Waals surface area contributed by atoms with Crippen molar-refractivity contribution in [2.75, 3.05) is 12.4 Å². The van der Waals surface area contributed by atoms with Crippen molar-refractivity contribution in [3.63, 3.8) is 0 Å². The van der Waals surface area contributed by atoms with Gasteiger partial charge in [0.1, 0.15) is 5.75 Å². The Morgan fingerprint density at radius 2 is 1.95 bits per heavy atom. The molecule has 1 aromatic heterocycles. The number of hydrogen-bond donors (Lipinski definition) is 1. The Morgan fingerprint density at radius 1 is 1.14 bits per heavy atom. The summed E-state index contributed by atoms with van der Waals surface area (Å²) in [5, 5.41) is 6.68. The number of rotatable bonds is 4. The summed E-state index contributed by atoms with van der Waals surface area (Å²) < 4.78 is 5.14. The molecule has 0 unspecified atom stereocenters. The summed E-state index contributed by atoms with van der Waals surface area (Å²) in [5.74, 6) is 0.659. The molecule has 3 nitrogen and oxygen atoms in total. The number of benzene rings is 2. The molecule has 0 fully saturated rings. The highest BCUT2D eigenvalue weighted by Crippen LogP contribution is 2.31. The predicted octanol–water partition coefficient (Wildman–Crippen LogP) is 5.22. The van der Waals surface area contributed by atoms with Gasteiger partial charge in [-0.25, -0.2) is 4.98 Å². The normalized spacial score (nSPS) is 10.4. The zero-order chi connectivity index (χ0) is 14.7. The summed E-state index contributed by atoms with van der Waals surface area (Å²) in [6.45, 7) is 0. The quantitative estimate of drug-likeness (QED) is 0.717. The maximum absolute atomic E-state index is 6.11. The Kier molecular flexibility index (Phi) is 4.08. The van der Waals surface area contributed by atoms with Crippen LogP contribution in [0.4, 0.5) is 10.8 Å². The molecule has 0 atom stereocenters. The van der Waals surface area contributed by atoms with Gasteiger partial charge in [-0.15, -0.1) is 11.3 Å². The van der Waals surface area contributed by atoms with Crippen molar-refractivity contribution >= 4 is 33.8 Å². The van der Waals surface area contributed by atoms with Gasteiger partial charge in [0.25, 0.3) is 0 Å². The Morgan fingerprint density at radius 3 is 2.67 bits per heavy atom. The fourth-order valence-electron chi connectivity index (χ4n) is 1.94. The number of nitrogens with zero attached hydrogens (tertiary/aromatic N) is 1. The van der Waals surface area contributed by atoms with Gasteiger partial charge in [0.2, 0.25) is 0 Å². The molecule has 5 heteroatoms. The first-order chi connectivity index (χ1) is 10.3. The smallest absolute Gasteiger partial charge is 0.187 e. The van der Waals surface area contributed by atoms with Crippen LogP contribution in [0.1, 0.15) is 0 Å². The van der Waals surface area contributed by atoms with Gasteiger partial charge in [-0.2, -0.15) is 0 Å². The second kappa shape index (κ2) is 6.16. The average molecular weight is 317 g/mol. The molecule has 0 saturated carbocycles. The minimum Gasteiger partial charge on any atom is -0.495 e. The van der Waals surface area contributed by atoms with Crippen LogP contribution in [0, 0.1) is 0 Å². The summed E-state index contributed by atoms with van der Waals surface area (Å²) in [6.07, 6.45) is 0. The predicted molar refractivity (Wildman–Crippen MR) is 88.8 cm³/mol. The first kappa shape index (κ1) is 13.9. The van der Waals surface area contributed by atoms with Gasteiger partial charge >= 0.3 is 0 Å². The lowest BCUT2D eigenvalue weighted by Crippen LogP contribution is -1.91. The van der Waals surface area contributed by atoms with Crippen molar-refractivity contribution in [2.45, 2.75) is 0 Å². The van der Waals surface area contributed by atoms with Gasteiger partial charge in [-0.3, -0.25) is 0 Å². The van der Waals surface area contributed by atoms with Gasteiger partial charge in [0.15, 0.2) is 5.13 Å². The van der Waals surface area contributed by atoms with Crippen LogP contribution in [0.5, 0.6) is 5.75 Å². The molecule has 3 aromatic rings. The van der Waals surface area contributed by atoms with Crippen LogP contribution >= 0.6 is 22.9 Å². The number of nitrogens with one attached hydrogen (secondary N) is 1. The van der Waals surface area contributed by atoms with Crippen LogP contribution in [0.15, 0.2) is 53.9 Å². The lowest BCUT2D eigenvalue weighted by molar-refractivity contribution is 0.415. The molecule has 0 aliphatic rings. The van der Waals surface area contributed by atoms with Crippen molar-refractivity contribution in [3.8, 4) is 17.0 Å². The van der Waals surface area contributed by atoms with E-state index in [1.807, 2.05) is 53.9 Å². The SMILES string of the molecule is COc1ccc(Nc2nc(-c3ccccc3)cs2)cc1Cl. The third-order valence-electron chi connectivity index (χ3n) is 2.98. The molecule has 0 saturated heterocycles. The minimum absolute atomic E-state index is 0.572. The van der Waals surface area contributed by atoms with Gasteiger partial charge in [0, 0.05) is 16.6 Å². The lowest BCUT2D eigenvalue weighted by Gasteiger charge is -2.06. The van der Waals surface area contributed by atoms with Crippen molar-refractivity contribution in [3.05, 3.63) is 58.9 Å². The second-order valence-electron chi connectivity index (χ2n) is 4.38. The fraction of sp³-hybridized carbons (Fsp3) is 0.0625. The number of ether oxygens (including phenoxy) is 1. The van der Waals surface area contributed by atoms with Crippen molar-refractivity contribution in [2.24, 2.45) is 0 Å². The molecule has 2 aromatic carbocycles. The lowest BCUT2D eigenvalue weighted by atomic mass is 10.2. The molecule has 0 aliphatic carbocycles. The topological polar surface area (TPSA) is 34.1 Å². The van der Waals surface area contributed by atoms with Gasteiger partial charge in [-0.1, -0.05) is 41.9 Å². The number of thiazole rings is 1. The summed E-state index contributed by atoms with van der Waals surface area (Å²) in [5.41, 5.74) is 2.95. The average Bonchev–Trinajstić information content (AvgIpc) is 2.97. The monoisotopic (exact) mass is 316 g/mol. The van der Waals surface area contributed by atoms with Crippen LogP contribution in [-0.2, 0) is 0 Å². The third-order valence-corrected chi connectivity index (χ3v) is 4.03. The van der Waals surface area contributed by atoms with Crippen LogP contribution < -0.4 is 10.1 Å². The number of anilines is 2. The fourth-order valence-corrected chi connectivity index (χ4v) is 2.94. The summed E-state index contributed by atoms with van der Waals surface area (Å²) >= 11 is 7.67. The van der Waals surface area contributed by atoms with E-state index in [1.54, 1.807) is 18.4 Å². The van der Waals surface area contributed by atoms with Gasteiger partial charge in [-0.05, 0) is 18.2 Å². The van der Waals surface area contributed by atoms with Crippen molar-refractivity contribution < 1.29 is 4.74 Å². The highest BCUT2D eigenvalue weighted by molar-refractivity contribution is 7.14. The maximum atomic E-state index is 6.11. The molecule has 1 heterocycles. The molecule has 1 N–H and O–H groups in total. The summed E-state index contributed by atoms with van der Waals surface area (Å²) in [6, 6.07) is 15.7. The number of hydrogen-bond acceptors (Lipinski definition) is 4. The molecule has 21 heavy (non-hydrogen) atoms. The largest absolute Gasteiger partial charge is 0.495 e. The van der Waals surface area contributed by atoms with E-state index >= 15 is 0 Å². The van der Waals surface area contributed by atoms with Crippen LogP contribution in [0.25, 0.3) is 11.3 Å². The van der Waals surface area contributed by atoms with E-state index in [9.17, 15) is 0 Å². The summed E-state index contributed by atoms with van der Waals surface area (Å²) in [4.78, 5) is 4.58. The Labute approximate surface area is 132 Å². The van der Waals surface area contributed by atoms with Crippen molar-refractivity contribution in [1.29, 1.82) is 0 Å². The Balaban J connectivity index is 1.80. The second-order valence-corrected chi connectivity index (χ2v) is 5.64. The van der Waals surface area contributed by atoms with E-state index in [0.717, 1.165) is 22.1 Å². The van der Waals surface area contributed by atoms with E-state index in [-0.39, 0.29) is 0 Å². The molecule has 0 aliphatic heterocycles. The molecule has 0 radical (unpaired) electrons. The zero-order valence-electron chi connectivity index (χ0n) is 11.3. The van der Waals surface area contributed by atoms with Gasteiger partial charge < -0.3 is 10.1 Å². The van der Waals surface area contributed by atoms with E-state index in [4.69, 9.17) is 16.3 Å². The first-order valence-electron chi connectivity index (χ1n) is 6.38. The maximum Gasteiger partial charge on any atom is 0.187 e. The zero-order valence-corrected chi connectivity index (χ0v) is 12.9. The number of methoxy groups -OCH3 is 1. The molecule has 106 valence electrons. The first-order valence-corrected chi connectivity index (χ1v) is 7.63. The van der Waals surface area contributed by atoms with Gasteiger partial charge in [0.05, 0.1) is 17.8 Å². The van der Waals surface area contributed by atoms with Crippen LogP contribution in [0.2, 0.25) is 5.02 Å². The minimum atomic E-state index is 0.572. The van der Waals surface area contributed by atoms with E-state index in [2.05, 4.69) is 10.3 Å². The van der Waals surface area contributed by atoms with Crippen LogP contribution in [0.3, 0.4) is 0 Å². The van der Waals surface area contributed by atoms with E-state index in [1.165, 1.54) is 0 Å².